The fourth-order valence-corrected chi connectivity index (χ4v) is 5.56. The van der Waals surface area contributed by atoms with Gasteiger partial charge in [0.15, 0.2) is 0 Å². The van der Waals surface area contributed by atoms with Gasteiger partial charge in [-0.3, -0.25) is 0 Å². The molecule has 2 radical (unpaired) electrons. The zero-order chi connectivity index (χ0) is 14.3. The van der Waals surface area contributed by atoms with Gasteiger partial charge in [-0.2, -0.15) is 0 Å². The van der Waals surface area contributed by atoms with E-state index < -0.39 is 8.56 Å². The van der Waals surface area contributed by atoms with Crippen molar-refractivity contribution in [1.29, 1.82) is 0 Å². The van der Waals surface area contributed by atoms with E-state index in [4.69, 9.17) is 23.1 Å². The van der Waals surface area contributed by atoms with Crippen LogP contribution < -0.4 is 0 Å². The van der Waals surface area contributed by atoms with Crippen LogP contribution in [0.1, 0.15) is 0 Å². The molecule has 2 unspecified atom stereocenters. The summed E-state index contributed by atoms with van der Waals surface area (Å²) < 4.78 is 27.3. The van der Waals surface area contributed by atoms with Gasteiger partial charge in [0.25, 0.3) is 0 Å². The lowest BCUT2D eigenvalue weighted by Gasteiger charge is -2.41. The van der Waals surface area contributed by atoms with Crippen LogP contribution in [0.4, 0.5) is 0 Å². The Labute approximate surface area is 119 Å². The van der Waals surface area contributed by atoms with Gasteiger partial charge in [-0.15, -0.1) is 0 Å². The van der Waals surface area contributed by atoms with Gasteiger partial charge >= 0.3 is 8.56 Å². The van der Waals surface area contributed by atoms with E-state index in [0.29, 0.717) is 16.1 Å². The van der Waals surface area contributed by atoms with Crippen molar-refractivity contribution < 1.29 is 23.1 Å². The van der Waals surface area contributed by atoms with Crippen LogP contribution in [0.3, 0.4) is 0 Å². The first-order valence-electron chi connectivity index (χ1n) is 6.30. The molecule has 0 aromatic rings. The predicted molar refractivity (Wildman–Crippen MR) is 75.4 cm³/mol. The van der Waals surface area contributed by atoms with E-state index in [1.54, 1.807) is 28.4 Å². The van der Waals surface area contributed by atoms with Gasteiger partial charge in [-0.05, 0) is 12.7 Å². The van der Waals surface area contributed by atoms with Gasteiger partial charge < -0.3 is 28.0 Å². The van der Waals surface area contributed by atoms with Crippen molar-refractivity contribution in [2.75, 3.05) is 53.9 Å². The van der Waals surface area contributed by atoms with E-state index in [-0.39, 0.29) is 12.0 Å². The molecule has 1 heterocycles. The molecule has 0 saturated carbocycles. The average molecular weight is 307 g/mol. The normalized spacial score (nSPS) is 29.1. The van der Waals surface area contributed by atoms with Crippen LogP contribution in [0.15, 0.2) is 0 Å². The maximum atomic E-state index is 6.04. The fourth-order valence-electron chi connectivity index (χ4n) is 2.16. The van der Waals surface area contributed by atoms with E-state index in [1.807, 2.05) is 0 Å². The molecule has 2 atom stereocenters. The largest absolute Gasteiger partial charge is 0.397 e. The summed E-state index contributed by atoms with van der Waals surface area (Å²) in [7, 11) is 5.24. The minimum absolute atomic E-state index is 0.0868. The summed E-state index contributed by atoms with van der Waals surface area (Å²) in [5, 5.41) is 0. The van der Waals surface area contributed by atoms with E-state index in [1.165, 1.54) is 0 Å². The lowest BCUT2D eigenvalue weighted by Crippen LogP contribution is -2.61. The van der Waals surface area contributed by atoms with Crippen LogP contribution in [0.5, 0.6) is 0 Å². The Kier molecular flexibility index (Phi) is 7.69. The summed E-state index contributed by atoms with van der Waals surface area (Å²) >= 11 is 0. The summed E-state index contributed by atoms with van der Waals surface area (Å²) in [6, 6.07) is 0. The number of hydrogen-bond donors (Lipinski definition) is 0. The maximum absolute atomic E-state index is 6.04. The van der Waals surface area contributed by atoms with E-state index in [2.05, 4.69) is 11.4 Å². The molecule has 6 nitrogen and oxygen atoms in total. The molecule has 0 spiro atoms. The maximum Gasteiger partial charge on any atom is 0.349 e. The van der Waals surface area contributed by atoms with Crippen molar-refractivity contribution in [3.8, 4) is 0 Å². The Hall–Kier alpha value is 0.194. The van der Waals surface area contributed by atoms with Crippen molar-refractivity contribution in [2.45, 2.75) is 18.6 Å². The standard InChI is InChI=1S/C11H25NO5Si2/c1-13-7-10-6-12(8-18-11(14-2)15-3)9-19(5,16-4)17-10/h10-11H,6-9H2,1-5H3. The molecular formula is C11H25NO5Si2. The first-order valence-corrected chi connectivity index (χ1v) is 10.1. The first-order chi connectivity index (χ1) is 9.06. The minimum Gasteiger partial charge on any atom is -0.397 e. The smallest absolute Gasteiger partial charge is 0.349 e. The highest BCUT2D eigenvalue weighted by Gasteiger charge is 2.40. The van der Waals surface area contributed by atoms with Gasteiger partial charge in [0.2, 0.25) is 0 Å². The van der Waals surface area contributed by atoms with E-state index in [0.717, 1.165) is 18.9 Å². The van der Waals surface area contributed by atoms with Gasteiger partial charge in [0, 0.05) is 41.2 Å². The summed E-state index contributed by atoms with van der Waals surface area (Å²) in [4.78, 5) is 2.37. The Morgan fingerprint density at radius 3 is 2.53 bits per heavy atom. The number of ether oxygens (including phenoxy) is 3. The van der Waals surface area contributed by atoms with Crippen molar-refractivity contribution >= 4 is 18.1 Å². The monoisotopic (exact) mass is 307 g/mol. The summed E-state index contributed by atoms with van der Waals surface area (Å²) in [5.74, 6) is -0.126. The van der Waals surface area contributed by atoms with Crippen molar-refractivity contribution in [1.82, 2.24) is 4.90 Å². The van der Waals surface area contributed by atoms with Crippen LogP contribution in [-0.4, -0.2) is 88.9 Å². The summed E-state index contributed by atoms with van der Waals surface area (Å²) in [6.45, 7) is 3.56. The second-order valence-corrected chi connectivity index (χ2v) is 9.13. The number of methoxy groups -OCH3 is 3. The number of nitrogens with zero attached hydrogens (tertiary/aromatic N) is 1. The van der Waals surface area contributed by atoms with Crippen molar-refractivity contribution in [3.63, 3.8) is 0 Å². The zero-order valence-electron chi connectivity index (χ0n) is 12.5. The molecule has 1 fully saturated rings. The minimum atomic E-state index is -2.10. The molecule has 19 heavy (non-hydrogen) atoms. The Morgan fingerprint density at radius 1 is 1.32 bits per heavy atom. The Balaban J connectivity index is 2.51. The molecule has 8 heteroatoms. The highest BCUT2D eigenvalue weighted by atomic mass is 28.4. The lowest BCUT2D eigenvalue weighted by atomic mass is 10.3. The summed E-state index contributed by atoms with van der Waals surface area (Å²) in [5.41, 5.74) is 0. The highest BCUT2D eigenvalue weighted by Crippen LogP contribution is 2.18. The average Bonchev–Trinajstić information content (AvgIpc) is 2.40. The molecule has 0 bridgehead atoms. The number of rotatable bonds is 8. The second kappa shape index (κ2) is 8.47. The quantitative estimate of drug-likeness (QED) is 0.458. The predicted octanol–water partition coefficient (Wildman–Crippen LogP) is -0.171. The second-order valence-electron chi connectivity index (χ2n) is 4.71. The van der Waals surface area contributed by atoms with Gasteiger partial charge in [0.05, 0.1) is 12.7 Å². The van der Waals surface area contributed by atoms with Gasteiger partial charge in [0.1, 0.15) is 15.4 Å². The van der Waals surface area contributed by atoms with Crippen LogP contribution in [0.25, 0.3) is 0 Å². The Morgan fingerprint density at radius 2 is 2.00 bits per heavy atom. The molecule has 0 aliphatic carbocycles. The van der Waals surface area contributed by atoms with Gasteiger partial charge in [-0.25, -0.2) is 0 Å². The molecule has 1 aliphatic rings. The molecule has 1 aliphatic heterocycles. The third kappa shape index (κ3) is 5.60. The molecule has 0 amide bonds. The summed E-state index contributed by atoms with van der Waals surface area (Å²) in [6.07, 6.45) is 1.89. The van der Waals surface area contributed by atoms with Crippen LogP contribution in [0, 0.1) is 0 Å². The molecule has 1 saturated heterocycles. The van der Waals surface area contributed by atoms with E-state index >= 15 is 0 Å². The number of hydrogen-bond acceptors (Lipinski definition) is 6. The SMILES string of the molecule is COCC1CN(C[Si]C(OC)OC)C[Si](C)(OC)O1. The molecule has 112 valence electrons. The van der Waals surface area contributed by atoms with Crippen molar-refractivity contribution in [2.24, 2.45) is 0 Å². The first kappa shape index (κ1) is 17.2. The van der Waals surface area contributed by atoms with E-state index in [9.17, 15) is 0 Å². The lowest BCUT2D eigenvalue weighted by molar-refractivity contribution is -0.0458. The molecule has 0 N–H and O–H groups in total. The molecule has 0 aromatic carbocycles. The van der Waals surface area contributed by atoms with Crippen LogP contribution in [0.2, 0.25) is 6.55 Å². The van der Waals surface area contributed by atoms with Crippen LogP contribution >= 0.6 is 0 Å². The topological polar surface area (TPSA) is 49.4 Å². The molecular weight excluding hydrogens is 282 g/mol. The molecule has 0 aromatic heterocycles. The third-order valence-electron chi connectivity index (χ3n) is 3.08. The van der Waals surface area contributed by atoms with Crippen molar-refractivity contribution in [3.05, 3.63) is 0 Å². The Bertz CT molecular complexity index is 257. The third-order valence-corrected chi connectivity index (χ3v) is 7.23. The zero-order valence-corrected chi connectivity index (χ0v) is 14.5. The molecule has 1 rings (SSSR count). The fraction of sp³-hybridized carbons (Fsp3) is 1.00. The highest BCUT2D eigenvalue weighted by molar-refractivity contribution is 6.66. The van der Waals surface area contributed by atoms with Crippen LogP contribution in [-0.2, 0) is 23.1 Å². The van der Waals surface area contributed by atoms with Gasteiger partial charge in [-0.1, -0.05) is 0 Å².